The van der Waals surface area contributed by atoms with E-state index in [1.54, 1.807) is 0 Å². The fourth-order valence-corrected chi connectivity index (χ4v) is 1.17. The van der Waals surface area contributed by atoms with E-state index in [9.17, 15) is 4.79 Å². The molecule has 1 aromatic rings. The summed E-state index contributed by atoms with van der Waals surface area (Å²) in [6.45, 7) is 7.84. The first-order valence-electron chi connectivity index (χ1n) is 5.58. The van der Waals surface area contributed by atoms with E-state index in [4.69, 9.17) is 0 Å². The summed E-state index contributed by atoms with van der Waals surface area (Å²) in [5.41, 5.74) is 1.14. The lowest BCUT2D eigenvalue weighted by atomic mass is 10.1. The maximum atomic E-state index is 11.1. The van der Waals surface area contributed by atoms with E-state index in [2.05, 4.69) is 5.32 Å². The lowest BCUT2D eigenvalue weighted by molar-refractivity contribution is -0.121. The normalized spacial score (nSPS) is 10.9. The maximum Gasteiger partial charge on any atom is 0.220 e. The number of hydrogen-bond acceptors (Lipinski definition) is 1. The summed E-state index contributed by atoms with van der Waals surface area (Å²) in [6, 6.07) is 10.1. The van der Waals surface area contributed by atoms with Gasteiger partial charge in [0.25, 0.3) is 0 Å². The van der Waals surface area contributed by atoms with Gasteiger partial charge in [-0.1, -0.05) is 51.1 Å². The summed E-state index contributed by atoms with van der Waals surface area (Å²) in [5.74, 6) is 0.0938. The van der Waals surface area contributed by atoms with E-state index >= 15 is 0 Å². The fraction of sp³-hybridized carbons (Fsp3) is 0.462. The van der Waals surface area contributed by atoms with Gasteiger partial charge in [0, 0.05) is 6.42 Å². The second-order valence-electron chi connectivity index (χ2n) is 3.05. The van der Waals surface area contributed by atoms with Crippen molar-refractivity contribution in [3.8, 4) is 0 Å². The highest BCUT2D eigenvalue weighted by Crippen LogP contribution is 2.10. The van der Waals surface area contributed by atoms with Gasteiger partial charge in [-0.15, -0.1) is 0 Å². The van der Waals surface area contributed by atoms with Crippen LogP contribution >= 0.6 is 0 Å². The van der Waals surface area contributed by atoms with E-state index < -0.39 is 0 Å². The number of carbonyl (C=O) groups is 1. The molecule has 1 N–H and O–H groups in total. The van der Waals surface area contributed by atoms with Crippen molar-refractivity contribution in [2.24, 2.45) is 0 Å². The number of hydrogen-bond donors (Lipinski definition) is 1. The molecule has 2 nitrogen and oxygen atoms in total. The Morgan fingerprint density at radius 2 is 1.80 bits per heavy atom. The molecule has 15 heavy (non-hydrogen) atoms. The first kappa shape index (κ1) is 13.7. The molecule has 0 aromatic heterocycles. The molecule has 0 fully saturated rings. The van der Waals surface area contributed by atoms with Crippen molar-refractivity contribution in [2.45, 2.75) is 40.2 Å². The van der Waals surface area contributed by atoms with Crippen LogP contribution in [0.4, 0.5) is 0 Å². The highest BCUT2D eigenvalue weighted by molar-refractivity contribution is 5.75. The summed E-state index contributed by atoms with van der Waals surface area (Å²) >= 11 is 0. The van der Waals surface area contributed by atoms with Crippen LogP contribution in [0.25, 0.3) is 0 Å². The summed E-state index contributed by atoms with van der Waals surface area (Å²) in [6.07, 6.45) is 0.539. The van der Waals surface area contributed by atoms with Gasteiger partial charge in [-0.2, -0.15) is 0 Å². The van der Waals surface area contributed by atoms with Crippen molar-refractivity contribution in [1.82, 2.24) is 5.32 Å². The molecular formula is C13H21NO. The van der Waals surface area contributed by atoms with Crippen LogP contribution in [0.15, 0.2) is 30.3 Å². The van der Waals surface area contributed by atoms with Gasteiger partial charge in [0.2, 0.25) is 5.91 Å². The Morgan fingerprint density at radius 3 is 2.27 bits per heavy atom. The Hall–Kier alpha value is -1.31. The molecule has 2 heteroatoms. The van der Waals surface area contributed by atoms with Crippen LogP contribution in [0, 0.1) is 0 Å². The summed E-state index contributed by atoms with van der Waals surface area (Å²) in [7, 11) is 0. The Morgan fingerprint density at radius 1 is 1.27 bits per heavy atom. The molecule has 1 rings (SSSR count). The monoisotopic (exact) mass is 207 g/mol. The molecule has 0 radical (unpaired) electrons. The van der Waals surface area contributed by atoms with Crippen LogP contribution in [-0.2, 0) is 4.79 Å². The van der Waals surface area contributed by atoms with Gasteiger partial charge in [-0.25, -0.2) is 0 Å². The fourth-order valence-electron chi connectivity index (χ4n) is 1.17. The molecule has 0 saturated heterocycles. The van der Waals surface area contributed by atoms with E-state index in [0.29, 0.717) is 6.42 Å². The standard InChI is InChI=1S/C11H15NO.C2H6/c1-3-11(13)12-9(2)10-7-5-4-6-8-10;1-2/h4-9H,3H2,1-2H3,(H,12,13);1-2H3. The molecule has 0 saturated carbocycles. The predicted octanol–water partition coefficient (Wildman–Crippen LogP) is 3.30. The molecule has 1 amide bonds. The van der Waals surface area contributed by atoms with Crippen molar-refractivity contribution in [3.05, 3.63) is 35.9 Å². The third kappa shape index (κ3) is 5.21. The molecule has 84 valence electrons. The Kier molecular flexibility index (Phi) is 7.33. The average molecular weight is 207 g/mol. The zero-order chi connectivity index (χ0) is 11.7. The van der Waals surface area contributed by atoms with E-state index in [-0.39, 0.29) is 11.9 Å². The second kappa shape index (κ2) is 8.04. The molecule has 0 aliphatic heterocycles. The molecular weight excluding hydrogens is 186 g/mol. The topological polar surface area (TPSA) is 29.1 Å². The molecule has 1 aromatic carbocycles. The first-order chi connectivity index (χ1) is 7.24. The zero-order valence-electron chi connectivity index (χ0n) is 10.1. The van der Waals surface area contributed by atoms with Crippen LogP contribution in [0.2, 0.25) is 0 Å². The predicted molar refractivity (Wildman–Crippen MR) is 64.6 cm³/mol. The Bertz CT molecular complexity index is 269. The molecule has 1 atom stereocenters. The number of amides is 1. The number of rotatable bonds is 3. The molecule has 0 spiro atoms. The van der Waals surface area contributed by atoms with Gasteiger partial charge in [-0.05, 0) is 12.5 Å². The van der Waals surface area contributed by atoms with Crippen molar-refractivity contribution < 1.29 is 4.79 Å². The molecule has 1 unspecified atom stereocenters. The molecule has 0 aliphatic carbocycles. The molecule has 0 heterocycles. The molecule has 0 bridgehead atoms. The summed E-state index contributed by atoms with van der Waals surface area (Å²) in [4.78, 5) is 11.1. The van der Waals surface area contributed by atoms with Crippen LogP contribution in [0.5, 0.6) is 0 Å². The highest BCUT2D eigenvalue weighted by atomic mass is 16.1. The Balaban J connectivity index is 0.000000921. The molecule has 0 aliphatic rings. The van der Waals surface area contributed by atoms with Crippen molar-refractivity contribution >= 4 is 5.91 Å². The van der Waals surface area contributed by atoms with Gasteiger partial charge in [0.1, 0.15) is 0 Å². The maximum absolute atomic E-state index is 11.1. The summed E-state index contributed by atoms with van der Waals surface area (Å²) in [5, 5.41) is 2.91. The number of carbonyl (C=O) groups excluding carboxylic acids is 1. The smallest absolute Gasteiger partial charge is 0.220 e. The highest BCUT2D eigenvalue weighted by Gasteiger charge is 2.06. The third-order valence-corrected chi connectivity index (χ3v) is 2.00. The van der Waals surface area contributed by atoms with Crippen LogP contribution in [-0.4, -0.2) is 5.91 Å². The third-order valence-electron chi connectivity index (χ3n) is 2.00. The van der Waals surface area contributed by atoms with Crippen molar-refractivity contribution in [1.29, 1.82) is 0 Å². The number of nitrogens with one attached hydrogen (secondary N) is 1. The van der Waals surface area contributed by atoms with Crippen molar-refractivity contribution in [3.63, 3.8) is 0 Å². The van der Waals surface area contributed by atoms with Gasteiger partial charge in [0.15, 0.2) is 0 Å². The van der Waals surface area contributed by atoms with Crippen molar-refractivity contribution in [2.75, 3.05) is 0 Å². The van der Waals surface area contributed by atoms with Gasteiger partial charge >= 0.3 is 0 Å². The second-order valence-corrected chi connectivity index (χ2v) is 3.05. The van der Waals surface area contributed by atoms with E-state index in [1.807, 2.05) is 58.0 Å². The van der Waals surface area contributed by atoms with Crippen LogP contribution in [0.1, 0.15) is 45.7 Å². The van der Waals surface area contributed by atoms with E-state index in [0.717, 1.165) is 5.56 Å². The SMILES string of the molecule is CC.CCC(=O)NC(C)c1ccccc1. The minimum Gasteiger partial charge on any atom is -0.350 e. The minimum absolute atomic E-state index is 0.0938. The number of benzene rings is 1. The van der Waals surface area contributed by atoms with Crippen LogP contribution < -0.4 is 5.32 Å². The zero-order valence-corrected chi connectivity index (χ0v) is 10.1. The quantitative estimate of drug-likeness (QED) is 0.809. The van der Waals surface area contributed by atoms with Gasteiger partial charge in [-0.3, -0.25) is 4.79 Å². The lowest BCUT2D eigenvalue weighted by Gasteiger charge is -2.13. The Labute approximate surface area is 92.7 Å². The summed E-state index contributed by atoms with van der Waals surface area (Å²) < 4.78 is 0. The first-order valence-corrected chi connectivity index (χ1v) is 5.58. The van der Waals surface area contributed by atoms with Gasteiger partial charge < -0.3 is 5.32 Å². The van der Waals surface area contributed by atoms with E-state index in [1.165, 1.54) is 0 Å². The van der Waals surface area contributed by atoms with Gasteiger partial charge in [0.05, 0.1) is 6.04 Å². The average Bonchev–Trinajstić information content (AvgIpc) is 2.32. The van der Waals surface area contributed by atoms with Crippen LogP contribution in [0.3, 0.4) is 0 Å². The largest absolute Gasteiger partial charge is 0.350 e. The minimum atomic E-state index is 0.0938. The lowest BCUT2D eigenvalue weighted by Crippen LogP contribution is -2.25.